The molecule has 6 heteroatoms. The zero-order valence-electron chi connectivity index (χ0n) is 18.7. The minimum absolute atomic E-state index is 0.591. The van der Waals surface area contributed by atoms with Gasteiger partial charge < -0.3 is 9.80 Å². The Bertz CT molecular complexity index is 1150. The number of anilines is 1. The summed E-state index contributed by atoms with van der Waals surface area (Å²) >= 11 is 6.48. The maximum absolute atomic E-state index is 9.81. The van der Waals surface area contributed by atoms with E-state index in [4.69, 9.17) is 11.6 Å². The Morgan fingerprint density at radius 1 is 1.06 bits per heavy atom. The molecular formula is C26H30ClN5. The lowest BCUT2D eigenvalue weighted by atomic mass is 9.99. The second kappa shape index (κ2) is 9.13. The van der Waals surface area contributed by atoms with Gasteiger partial charge in [-0.3, -0.25) is 4.68 Å². The second-order valence-corrected chi connectivity index (χ2v) is 9.66. The number of nitriles is 1. The minimum atomic E-state index is 0.591. The fourth-order valence-electron chi connectivity index (χ4n) is 5.28. The minimum Gasteiger partial charge on any atom is -0.371 e. The normalized spacial score (nSPS) is 18.2. The van der Waals surface area contributed by atoms with Crippen molar-refractivity contribution in [2.45, 2.75) is 51.6 Å². The Morgan fingerprint density at radius 3 is 2.56 bits per heavy atom. The van der Waals surface area contributed by atoms with E-state index < -0.39 is 0 Å². The van der Waals surface area contributed by atoms with E-state index in [0.29, 0.717) is 18.2 Å². The zero-order chi connectivity index (χ0) is 22.1. The summed E-state index contributed by atoms with van der Waals surface area (Å²) in [6.07, 6.45) is 8.27. The van der Waals surface area contributed by atoms with Gasteiger partial charge in [0, 0.05) is 35.2 Å². The fourth-order valence-corrected chi connectivity index (χ4v) is 5.57. The van der Waals surface area contributed by atoms with Crippen LogP contribution < -0.4 is 4.90 Å². The van der Waals surface area contributed by atoms with Gasteiger partial charge in [0.1, 0.15) is 0 Å². The molecule has 5 rings (SSSR count). The Hall–Kier alpha value is -2.55. The van der Waals surface area contributed by atoms with Gasteiger partial charge in [-0.2, -0.15) is 10.4 Å². The highest BCUT2D eigenvalue weighted by Gasteiger charge is 2.26. The number of hydrogen-bond donors (Lipinski definition) is 0. The molecule has 0 atom stereocenters. The van der Waals surface area contributed by atoms with E-state index in [2.05, 4.69) is 39.2 Å². The van der Waals surface area contributed by atoms with Crippen molar-refractivity contribution in [3.05, 3.63) is 58.2 Å². The van der Waals surface area contributed by atoms with Crippen LogP contribution in [0.2, 0.25) is 5.02 Å². The van der Waals surface area contributed by atoms with Crippen LogP contribution in [-0.2, 0) is 6.54 Å². The van der Waals surface area contributed by atoms with E-state index in [0.717, 1.165) is 45.8 Å². The number of halogens is 1. The average molecular weight is 448 g/mol. The van der Waals surface area contributed by atoms with Crippen LogP contribution in [0.25, 0.3) is 10.9 Å². The van der Waals surface area contributed by atoms with Gasteiger partial charge >= 0.3 is 0 Å². The first-order valence-electron chi connectivity index (χ1n) is 11.8. The largest absolute Gasteiger partial charge is 0.371 e. The number of aromatic nitrogens is 2. The third kappa shape index (κ3) is 4.22. The summed E-state index contributed by atoms with van der Waals surface area (Å²) in [5, 5.41) is 16.1. The zero-order valence-corrected chi connectivity index (χ0v) is 19.5. The van der Waals surface area contributed by atoms with Crippen molar-refractivity contribution in [2.75, 3.05) is 31.1 Å². The lowest BCUT2D eigenvalue weighted by molar-refractivity contribution is 0.141. The van der Waals surface area contributed by atoms with Crippen molar-refractivity contribution in [1.29, 1.82) is 5.26 Å². The molecule has 166 valence electrons. The van der Waals surface area contributed by atoms with Crippen LogP contribution in [0.3, 0.4) is 0 Å². The molecule has 1 aromatic heterocycles. The summed E-state index contributed by atoms with van der Waals surface area (Å²) in [7, 11) is 0. The lowest BCUT2D eigenvalue weighted by Gasteiger charge is -2.41. The van der Waals surface area contributed by atoms with Crippen molar-refractivity contribution < 1.29 is 0 Å². The van der Waals surface area contributed by atoms with Crippen LogP contribution in [0, 0.1) is 18.3 Å². The standard InChI is InChI=1S/C26H30ClN5/c1-19-5-6-20(25(27)13-19)18-32-26-15-23(14-21(16-28)24(26)17-29-32)31-11-7-22(8-12-31)30-9-3-2-4-10-30/h5-6,13-15,17,22H,2-4,7-12,18H2,1H3. The molecule has 0 radical (unpaired) electrons. The van der Waals surface area contributed by atoms with Crippen molar-refractivity contribution in [3.8, 4) is 6.07 Å². The Morgan fingerprint density at radius 2 is 1.84 bits per heavy atom. The van der Waals surface area contributed by atoms with E-state index in [1.54, 1.807) is 0 Å². The highest BCUT2D eigenvalue weighted by Crippen LogP contribution is 2.30. The lowest BCUT2D eigenvalue weighted by Crippen LogP contribution is -2.46. The number of benzene rings is 2. The molecule has 0 unspecified atom stereocenters. The predicted octanol–water partition coefficient (Wildman–Crippen LogP) is 5.37. The molecule has 0 aliphatic carbocycles. The summed E-state index contributed by atoms with van der Waals surface area (Å²) in [6.45, 7) is 7.23. The van der Waals surface area contributed by atoms with Gasteiger partial charge in [-0.15, -0.1) is 0 Å². The molecule has 32 heavy (non-hydrogen) atoms. The SMILES string of the molecule is Cc1ccc(Cn2ncc3c(C#N)cc(N4CCC(N5CCCCC5)CC4)cc32)c(Cl)c1. The second-order valence-electron chi connectivity index (χ2n) is 9.25. The molecular weight excluding hydrogens is 418 g/mol. The third-order valence-corrected chi connectivity index (χ3v) is 7.48. The number of rotatable bonds is 4. The Labute approximate surface area is 195 Å². The van der Waals surface area contributed by atoms with E-state index >= 15 is 0 Å². The van der Waals surface area contributed by atoms with Gasteiger partial charge in [0.15, 0.2) is 0 Å². The van der Waals surface area contributed by atoms with Crippen LogP contribution in [0.15, 0.2) is 36.5 Å². The number of fused-ring (bicyclic) bond motifs is 1. The van der Waals surface area contributed by atoms with Crippen LogP contribution >= 0.6 is 11.6 Å². The molecule has 0 amide bonds. The Balaban J connectivity index is 1.39. The van der Waals surface area contributed by atoms with Crippen molar-refractivity contribution in [2.24, 2.45) is 0 Å². The number of nitrogens with zero attached hydrogens (tertiary/aromatic N) is 5. The van der Waals surface area contributed by atoms with Gasteiger partial charge in [0.2, 0.25) is 0 Å². The molecule has 0 N–H and O–H groups in total. The van der Waals surface area contributed by atoms with E-state index in [1.165, 1.54) is 45.2 Å². The fraction of sp³-hybridized carbons (Fsp3) is 0.462. The molecule has 0 bridgehead atoms. The maximum Gasteiger partial charge on any atom is 0.1000 e. The summed E-state index contributed by atoms with van der Waals surface area (Å²) in [6, 6.07) is 13.5. The average Bonchev–Trinajstić information content (AvgIpc) is 3.23. The third-order valence-electron chi connectivity index (χ3n) is 7.13. The number of piperidine rings is 2. The topological polar surface area (TPSA) is 48.1 Å². The summed E-state index contributed by atoms with van der Waals surface area (Å²) in [5.41, 5.74) is 4.99. The van der Waals surface area contributed by atoms with Crippen LogP contribution in [0.5, 0.6) is 0 Å². The first kappa shape index (κ1) is 21.3. The summed E-state index contributed by atoms with van der Waals surface area (Å²) in [4.78, 5) is 5.14. The van der Waals surface area contributed by atoms with E-state index in [-0.39, 0.29) is 0 Å². The van der Waals surface area contributed by atoms with Crippen LogP contribution in [0.4, 0.5) is 5.69 Å². The molecule has 5 nitrogen and oxygen atoms in total. The van der Waals surface area contributed by atoms with Gasteiger partial charge in [-0.1, -0.05) is 30.2 Å². The van der Waals surface area contributed by atoms with Gasteiger partial charge in [-0.25, -0.2) is 0 Å². The Kier molecular flexibility index (Phi) is 6.08. The van der Waals surface area contributed by atoms with Crippen molar-refractivity contribution in [3.63, 3.8) is 0 Å². The summed E-state index contributed by atoms with van der Waals surface area (Å²) in [5.74, 6) is 0. The molecule has 2 saturated heterocycles. The predicted molar refractivity (Wildman–Crippen MR) is 130 cm³/mol. The highest BCUT2D eigenvalue weighted by atomic mass is 35.5. The van der Waals surface area contributed by atoms with Crippen molar-refractivity contribution >= 4 is 28.2 Å². The summed E-state index contributed by atoms with van der Waals surface area (Å²) < 4.78 is 1.97. The molecule has 3 heterocycles. The molecule has 2 aliphatic rings. The van der Waals surface area contributed by atoms with Gasteiger partial charge in [0.05, 0.1) is 29.9 Å². The first-order chi connectivity index (χ1) is 15.6. The van der Waals surface area contributed by atoms with E-state index in [9.17, 15) is 5.26 Å². The number of likely N-dealkylation sites (tertiary alicyclic amines) is 1. The number of aryl methyl sites for hydroxylation is 1. The van der Waals surface area contributed by atoms with Gasteiger partial charge in [0.25, 0.3) is 0 Å². The number of hydrogen-bond acceptors (Lipinski definition) is 4. The monoisotopic (exact) mass is 447 g/mol. The van der Waals surface area contributed by atoms with Gasteiger partial charge in [-0.05, 0) is 75.0 Å². The molecule has 0 saturated carbocycles. The molecule has 2 aliphatic heterocycles. The van der Waals surface area contributed by atoms with Crippen molar-refractivity contribution in [1.82, 2.24) is 14.7 Å². The highest BCUT2D eigenvalue weighted by molar-refractivity contribution is 6.31. The van der Waals surface area contributed by atoms with Crippen LogP contribution in [0.1, 0.15) is 48.8 Å². The van der Waals surface area contributed by atoms with Crippen LogP contribution in [-0.4, -0.2) is 46.9 Å². The molecule has 0 spiro atoms. The van der Waals surface area contributed by atoms with E-state index in [1.807, 2.05) is 29.9 Å². The quantitative estimate of drug-likeness (QED) is 0.539. The smallest absolute Gasteiger partial charge is 0.1000 e. The molecule has 2 aromatic carbocycles. The molecule has 3 aromatic rings. The molecule has 2 fully saturated rings. The maximum atomic E-state index is 9.81. The first-order valence-corrected chi connectivity index (χ1v) is 12.1.